The van der Waals surface area contributed by atoms with Crippen LogP contribution in [0.15, 0.2) is 28.6 Å². The van der Waals surface area contributed by atoms with Crippen LogP contribution in [0.5, 0.6) is 5.75 Å². The Morgan fingerprint density at radius 1 is 1.24 bits per heavy atom. The molecule has 1 N–H and O–H groups in total. The quantitative estimate of drug-likeness (QED) is 0.508. The monoisotopic (exact) mass is 379 g/mol. The summed E-state index contributed by atoms with van der Waals surface area (Å²) in [5.41, 5.74) is 1.24. The molecule has 1 atom stereocenters. The molecule has 0 aliphatic heterocycles. The first-order chi connectivity index (χ1) is 12.0. The Kier molecular flexibility index (Phi) is 7.71. The van der Waals surface area contributed by atoms with Crippen LogP contribution in [0.1, 0.15) is 39.7 Å². The lowest BCUT2D eigenvalue weighted by molar-refractivity contribution is -0.122. The predicted molar refractivity (Wildman–Crippen MR) is 105 cm³/mol. The van der Waals surface area contributed by atoms with Crippen LogP contribution in [0.25, 0.3) is 0 Å². The second-order valence-corrected chi connectivity index (χ2v) is 8.32. The van der Waals surface area contributed by atoms with E-state index in [1.165, 1.54) is 16.9 Å². The molecular formula is C18H25N3O2S2. The zero-order valence-electron chi connectivity index (χ0n) is 15.1. The number of aromatic nitrogens is 2. The minimum Gasteiger partial charge on any atom is -0.481 e. The van der Waals surface area contributed by atoms with Crippen molar-refractivity contribution in [2.45, 2.75) is 51.0 Å². The van der Waals surface area contributed by atoms with Gasteiger partial charge in [0.15, 0.2) is 10.4 Å². The van der Waals surface area contributed by atoms with E-state index in [0.717, 1.165) is 16.5 Å². The van der Waals surface area contributed by atoms with Gasteiger partial charge in [0.2, 0.25) is 5.13 Å². The molecule has 1 amide bonds. The number of benzene rings is 1. The molecule has 0 saturated heterocycles. The largest absolute Gasteiger partial charge is 0.481 e. The normalized spacial score (nSPS) is 12.2. The van der Waals surface area contributed by atoms with Crippen molar-refractivity contribution in [2.75, 3.05) is 11.1 Å². The van der Waals surface area contributed by atoms with Gasteiger partial charge in [0, 0.05) is 5.75 Å². The molecule has 0 bridgehead atoms. The predicted octanol–water partition coefficient (Wildman–Crippen LogP) is 4.64. The maximum absolute atomic E-state index is 12.4. The number of aryl methyl sites for hydroxylation is 1. The Morgan fingerprint density at radius 3 is 2.56 bits per heavy atom. The van der Waals surface area contributed by atoms with E-state index in [2.05, 4.69) is 36.3 Å². The van der Waals surface area contributed by atoms with Gasteiger partial charge in [-0.1, -0.05) is 62.9 Å². The van der Waals surface area contributed by atoms with E-state index in [4.69, 9.17) is 4.74 Å². The Bertz CT molecular complexity index is 671. The maximum Gasteiger partial charge on any atom is 0.267 e. The zero-order valence-corrected chi connectivity index (χ0v) is 16.7. The average molecular weight is 380 g/mol. The van der Waals surface area contributed by atoms with Gasteiger partial charge in [-0.05, 0) is 36.5 Å². The fraction of sp³-hybridized carbons (Fsp3) is 0.500. The molecule has 2 aromatic rings. The molecule has 1 heterocycles. The molecule has 5 nitrogen and oxygen atoms in total. The fourth-order valence-electron chi connectivity index (χ4n) is 2.03. The SMILES string of the molecule is CCc1ccc(O[C@H](CC)C(=O)Nc2nnc(SCC(C)C)s2)cc1. The molecule has 0 aliphatic carbocycles. The summed E-state index contributed by atoms with van der Waals surface area (Å²) < 4.78 is 6.69. The molecule has 136 valence electrons. The van der Waals surface area contributed by atoms with Crippen molar-refractivity contribution < 1.29 is 9.53 Å². The van der Waals surface area contributed by atoms with E-state index < -0.39 is 6.10 Å². The van der Waals surface area contributed by atoms with Crippen LogP contribution in [-0.4, -0.2) is 28.0 Å². The highest BCUT2D eigenvalue weighted by molar-refractivity contribution is 8.01. The van der Waals surface area contributed by atoms with Gasteiger partial charge in [-0.15, -0.1) is 10.2 Å². The van der Waals surface area contributed by atoms with E-state index in [9.17, 15) is 4.79 Å². The molecule has 0 aliphatic rings. The number of carbonyl (C=O) groups is 1. The molecule has 0 fully saturated rings. The van der Waals surface area contributed by atoms with E-state index in [1.807, 2.05) is 31.2 Å². The maximum atomic E-state index is 12.4. The summed E-state index contributed by atoms with van der Waals surface area (Å²) in [5, 5.41) is 11.5. The number of nitrogens with zero attached hydrogens (tertiary/aromatic N) is 2. The van der Waals surface area contributed by atoms with Gasteiger partial charge < -0.3 is 4.74 Å². The van der Waals surface area contributed by atoms with Crippen LogP contribution in [-0.2, 0) is 11.2 Å². The van der Waals surface area contributed by atoms with Crippen LogP contribution < -0.4 is 10.1 Å². The third-order valence-electron chi connectivity index (χ3n) is 3.45. The Morgan fingerprint density at radius 2 is 1.96 bits per heavy atom. The number of anilines is 1. The Labute approximate surface area is 157 Å². The number of carbonyl (C=O) groups excluding carboxylic acids is 1. The second kappa shape index (κ2) is 9.77. The van der Waals surface area contributed by atoms with Crippen LogP contribution in [0.2, 0.25) is 0 Å². The van der Waals surface area contributed by atoms with Crippen LogP contribution in [0.4, 0.5) is 5.13 Å². The first-order valence-corrected chi connectivity index (χ1v) is 10.3. The summed E-state index contributed by atoms with van der Waals surface area (Å²) in [7, 11) is 0. The standard InChI is InChI=1S/C18H25N3O2S2/c1-5-13-7-9-14(10-8-13)23-15(6-2)16(22)19-17-20-21-18(25-17)24-11-12(3)4/h7-10,12,15H,5-6,11H2,1-4H3,(H,19,20,22)/t15-/m1/s1. The van der Waals surface area contributed by atoms with Crippen molar-refractivity contribution in [2.24, 2.45) is 5.92 Å². The lowest BCUT2D eigenvalue weighted by Crippen LogP contribution is -2.32. The van der Waals surface area contributed by atoms with Crippen LogP contribution in [0.3, 0.4) is 0 Å². The van der Waals surface area contributed by atoms with E-state index >= 15 is 0 Å². The number of hydrogen-bond donors (Lipinski definition) is 1. The third-order valence-corrected chi connectivity index (χ3v) is 5.85. The second-order valence-electron chi connectivity index (χ2n) is 6.08. The first-order valence-electron chi connectivity index (χ1n) is 8.54. The lowest BCUT2D eigenvalue weighted by atomic mass is 10.2. The molecule has 1 aromatic carbocycles. The van der Waals surface area contributed by atoms with Gasteiger partial charge in [0.1, 0.15) is 5.75 Å². The number of nitrogens with one attached hydrogen (secondary N) is 1. The molecular weight excluding hydrogens is 354 g/mol. The highest BCUT2D eigenvalue weighted by Crippen LogP contribution is 2.27. The minimum atomic E-state index is -0.553. The molecule has 0 saturated carbocycles. The number of amides is 1. The van der Waals surface area contributed by atoms with Gasteiger partial charge in [-0.2, -0.15) is 0 Å². The summed E-state index contributed by atoms with van der Waals surface area (Å²) >= 11 is 3.05. The fourth-order valence-corrected chi connectivity index (χ4v) is 3.76. The van der Waals surface area contributed by atoms with E-state index in [1.54, 1.807) is 11.8 Å². The zero-order chi connectivity index (χ0) is 18.2. The Hall–Kier alpha value is -1.60. The van der Waals surface area contributed by atoms with Gasteiger partial charge in [0.25, 0.3) is 5.91 Å². The van der Waals surface area contributed by atoms with Crippen molar-refractivity contribution in [3.05, 3.63) is 29.8 Å². The van der Waals surface area contributed by atoms with Crippen molar-refractivity contribution >= 4 is 34.1 Å². The molecule has 0 radical (unpaired) electrons. The topological polar surface area (TPSA) is 64.1 Å². The number of rotatable bonds is 9. The minimum absolute atomic E-state index is 0.196. The molecule has 7 heteroatoms. The number of ether oxygens (including phenoxy) is 1. The smallest absolute Gasteiger partial charge is 0.267 e. The van der Waals surface area contributed by atoms with E-state index in [0.29, 0.717) is 23.2 Å². The molecule has 0 unspecified atom stereocenters. The third kappa shape index (κ3) is 6.32. The summed E-state index contributed by atoms with van der Waals surface area (Å²) in [6.07, 6.45) is 1.00. The highest BCUT2D eigenvalue weighted by Gasteiger charge is 2.20. The van der Waals surface area contributed by atoms with Gasteiger partial charge >= 0.3 is 0 Å². The molecule has 0 spiro atoms. The van der Waals surface area contributed by atoms with Gasteiger partial charge in [-0.3, -0.25) is 10.1 Å². The van der Waals surface area contributed by atoms with E-state index in [-0.39, 0.29) is 5.91 Å². The summed E-state index contributed by atoms with van der Waals surface area (Å²) in [6, 6.07) is 7.84. The Balaban J connectivity index is 1.92. The number of thioether (sulfide) groups is 1. The average Bonchev–Trinajstić information content (AvgIpc) is 3.05. The van der Waals surface area contributed by atoms with Gasteiger partial charge in [-0.25, -0.2) is 0 Å². The molecule has 1 aromatic heterocycles. The summed E-state index contributed by atoms with van der Waals surface area (Å²) in [5.74, 6) is 2.07. The van der Waals surface area contributed by atoms with Gasteiger partial charge in [0.05, 0.1) is 0 Å². The van der Waals surface area contributed by atoms with Crippen molar-refractivity contribution in [3.63, 3.8) is 0 Å². The molecule has 2 rings (SSSR count). The molecule has 25 heavy (non-hydrogen) atoms. The summed E-state index contributed by atoms with van der Waals surface area (Å²) in [6.45, 7) is 8.35. The van der Waals surface area contributed by atoms with Crippen molar-refractivity contribution in [3.8, 4) is 5.75 Å². The van der Waals surface area contributed by atoms with Crippen molar-refractivity contribution in [1.29, 1.82) is 0 Å². The van der Waals surface area contributed by atoms with Crippen LogP contribution >= 0.6 is 23.1 Å². The first kappa shape index (κ1) is 19.7. The summed E-state index contributed by atoms with van der Waals surface area (Å²) in [4.78, 5) is 12.4. The highest BCUT2D eigenvalue weighted by atomic mass is 32.2. The lowest BCUT2D eigenvalue weighted by Gasteiger charge is -2.16. The van der Waals surface area contributed by atoms with Crippen LogP contribution in [0, 0.1) is 5.92 Å². The number of hydrogen-bond acceptors (Lipinski definition) is 6. The van der Waals surface area contributed by atoms with Crippen molar-refractivity contribution in [1.82, 2.24) is 10.2 Å².